The van der Waals surface area contributed by atoms with E-state index in [0.717, 1.165) is 43.9 Å². The van der Waals surface area contributed by atoms with Gasteiger partial charge in [0.2, 0.25) is 0 Å². The van der Waals surface area contributed by atoms with Gasteiger partial charge < -0.3 is 4.57 Å². The molecule has 3 aromatic heterocycles. The molecule has 0 amide bonds. The summed E-state index contributed by atoms with van der Waals surface area (Å²) in [5.74, 6) is 0.731. The van der Waals surface area contributed by atoms with E-state index in [9.17, 15) is 0 Å². The van der Waals surface area contributed by atoms with Gasteiger partial charge in [0.1, 0.15) is 0 Å². The van der Waals surface area contributed by atoms with E-state index >= 15 is 0 Å². The molecule has 8 aromatic carbocycles. The molecule has 3 nitrogen and oxygen atoms in total. The summed E-state index contributed by atoms with van der Waals surface area (Å²) in [6.07, 6.45) is 0. The summed E-state index contributed by atoms with van der Waals surface area (Å²) in [6, 6.07) is 71.4. The first-order chi connectivity index (χ1) is 27.8. The van der Waals surface area contributed by atoms with Gasteiger partial charge in [-0.1, -0.05) is 176 Å². The Balaban J connectivity index is 1.10. The lowest BCUT2D eigenvalue weighted by Gasteiger charge is -2.13. The van der Waals surface area contributed by atoms with Crippen molar-refractivity contribution >= 4 is 53.4 Å². The third-order valence-electron chi connectivity index (χ3n) is 10.8. The average molecular weight is 732 g/mol. The van der Waals surface area contributed by atoms with E-state index in [1.165, 1.54) is 59.9 Å². The normalized spacial score (nSPS) is 11.6. The lowest BCUT2D eigenvalue weighted by atomic mass is 9.96. The molecule has 56 heavy (non-hydrogen) atoms. The van der Waals surface area contributed by atoms with Gasteiger partial charge in [-0.05, 0) is 52.1 Å². The zero-order valence-corrected chi connectivity index (χ0v) is 31.1. The number of rotatable bonds is 6. The summed E-state index contributed by atoms with van der Waals surface area (Å²) >= 11 is 1.79. The Labute approximate surface area is 328 Å². The van der Waals surface area contributed by atoms with Crippen LogP contribution in [0.5, 0.6) is 0 Å². The average Bonchev–Trinajstić information content (AvgIpc) is 3.83. The summed E-state index contributed by atoms with van der Waals surface area (Å²) in [5, 5.41) is 3.64. The van der Waals surface area contributed by atoms with Crippen LogP contribution in [-0.2, 0) is 0 Å². The molecule has 0 saturated carbocycles. The van der Waals surface area contributed by atoms with Gasteiger partial charge >= 0.3 is 0 Å². The first-order valence-corrected chi connectivity index (χ1v) is 19.7. The summed E-state index contributed by atoms with van der Waals surface area (Å²) in [5.41, 5.74) is 14.7. The maximum atomic E-state index is 5.27. The van der Waals surface area contributed by atoms with Crippen LogP contribution < -0.4 is 0 Å². The van der Waals surface area contributed by atoms with Gasteiger partial charge in [-0.3, -0.25) is 0 Å². The van der Waals surface area contributed by atoms with Crippen molar-refractivity contribution < 1.29 is 0 Å². The minimum atomic E-state index is 0.731. The fraction of sp³-hybridized carbons (Fsp3) is 0. The summed E-state index contributed by atoms with van der Waals surface area (Å²) in [7, 11) is 0. The Morgan fingerprint density at radius 2 is 0.929 bits per heavy atom. The van der Waals surface area contributed by atoms with Gasteiger partial charge in [0.15, 0.2) is 5.82 Å². The summed E-state index contributed by atoms with van der Waals surface area (Å²) in [4.78, 5) is 10.5. The van der Waals surface area contributed by atoms with Crippen LogP contribution in [0.4, 0.5) is 0 Å². The molecule has 0 atom stereocenters. The lowest BCUT2D eigenvalue weighted by Crippen LogP contribution is -1.95. The van der Waals surface area contributed by atoms with Gasteiger partial charge in [0.25, 0.3) is 0 Å². The highest BCUT2D eigenvalue weighted by atomic mass is 32.1. The lowest BCUT2D eigenvalue weighted by molar-refractivity contribution is 1.18. The van der Waals surface area contributed by atoms with E-state index in [2.05, 4.69) is 187 Å². The predicted octanol–water partition coefficient (Wildman–Crippen LogP) is 14.3. The topological polar surface area (TPSA) is 30.7 Å². The molecule has 4 heteroatoms. The Hall–Kier alpha value is -7.14. The fourth-order valence-electron chi connectivity index (χ4n) is 8.21. The van der Waals surface area contributed by atoms with E-state index in [-0.39, 0.29) is 0 Å². The SMILES string of the molecule is c1ccc(-c2ccc(-c3nc(-c4ccccc4)nc4c3sc3c(-c5cccc(-c6cccc7c8ccccc8n(-c8ccccc8)c67)c5)cccc34)cc2)cc1. The van der Waals surface area contributed by atoms with E-state index in [1.54, 1.807) is 11.3 Å². The van der Waals surface area contributed by atoms with Gasteiger partial charge in [-0.25, -0.2) is 9.97 Å². The molecule has 0 spiro atoms. The van der Waals surface area contributed by atoms with Crippen molar-refractivity contribution in [3.8, 4) is 61.7 Å². The van der Waals surface area contributed by atoms with Crippen molar-refractivity contribution in [2.75, 3.05) is 0 Å². The number of hydrogen-bond acceptors (Lipinski definition) is 3. The smallest absolute Gasteiger partial charge is 0.160 e. The van der Waals surface area contributed by atoms with E-state index in [0.29, 0.717) is 0 Å². The highest BCUT2D eigenvalue weighted by molar-refractivity contribution is 7.26. The highest BCUT2D eigenvalue weighted by Gasteiger charge is 2.20. The molecule has 0 unspecified atom stereocenters. The van der Waals surface area contributed by atoms with E-state index in [1.807, 2.05) is 18.2 Å². The van der Waals surface area contributed by atoms with Gasteiger partial charge in [-0.15, -0.1) is 11.3 Å². The maximum absolute atomic E-state index is 5.27. The van der Waals surface area contributed by atoms with Crippen LogP contribution >= 0.6 is 11.3 Å². The molecule has 0 N–H and O–H groups in total. The Morgan fingerprint density at radius 3 is 1.70 bits per heavy atom. The third kappa shape index (κ3) is 5.34. The molecule has 0 bridgehead atoms. The van der Waals surface area contributed by atoms with E-state index < -0.39 is 0 Å². The number of benzene rings is 8. The molecule has 0 saturated heterocycles. The Kier molecular flexibility index (Phi) is 7.68. The van der Waals surface area contributed by atoms with Crippen LogP contribution in [0.3, 0.4) is 0 Å². The largest absolute Gasteiger partial charge is 0.309 e. The molecular weight excluding hydrogens is 699 g/mol. The predicted molar refractivity (Wildman–Crippen MR) is 236 cm³/mol. The van der Waals surface area contributed by atoms with Gasteiger partial charge in [0, 0.05) is 43.2 Å². The molecule has 0 aliphatic carbocycles. The zero-order valence-electron chi connectivity index (χ0n) is 30.3. The number of hydrogen-bond donors (Lipinski definition) is 0. The van der Waals surface area contributed by atoms with Crippen molar-refractivity contribution in [3.05, 3.63) is 200 Å². The van der Waals surface area contributed by atoms with Crippen LogP contribution in [0.15, 0.2) is 200 Å². The van der Waals surface area contributed by atoms with E-state index in [4.69, 9.17) is 9.97 Å². The molecule has 262 valence electrons. The van der Waals surface area contributed by atoms with Crippen molar-refractivity contribution in [1.29, 1.82) is 0 Å². The molecule has 11 rings (SSSR count). The summed E-state index contributed by atoms with van der Waals surface area (Å²) in [6.45, 7) is 0. The van der Waals surface area contributed by atoms with Crippen LogP contribution in [0.25, 0.3) is 104 Å². The van der Waals surface area contributed by atoms with Gasteiger partial charge in [-0.2, -0.15) is 0 Å². The second kappa shape index (κ2) is 13.3. The minimum absolute atomic E-state index is 0.731. The quantitative estimate of drug-likeness (QED) is 0.170. The number of nitrogens with zero attached hydrogens (tertiary/aromatic N) is 3. The van der Waals surface area contributed by atoms with Crippen molar-refractivity contribution in [2.45, 2.75) is 0 Å². The van der Waals surface area contributed by atoms with Crippen molar-refractivity contribution in [2.24, 2.45) is 0 Å². The summed E-state index contributed by atoms with van der Waals surface area (Å²) < 4.78 is 4.71. The van der Waals surface area contributed by atoms with Crippen molar-refractivity contribution in [1.82, 2.24) is 14.5 Å². The van der Waals surface area contributed by atoms with Crippen LogP contribution in [0.1, 0.15) is 0 Å². The first kappa shape index (κ1) is 32.3. The van der Waals surface area contributed by atoms with Crippen LogP contribution in [0.2, 0.25) is 0 Å². The second-order valence-electron chi connectivity index (χ2n) is 14.1. The monoisotopic (exact) mass is 731 g/mol. The maximum Gasteiger partial charge on any atom is 0.160 e. The second-order valence-corrected chi connectivity index (χ2v) is 15.2. The van der Waals surface area contributed by atoms with Crippen LogP contribution in [0, 0.1) is 0 Å². The van der Waals surface area contributed by atoms with Gasteiger partial charge in [0.05, 0.1) is 26.9 Å². The standard InChI is InChI=1S/C52H33N3S/c1-4-15-34(16-5-1)35-29-31-36(32-30-35)47-51-48(54-52(53-47)37-17-6-2-7-18-37)45-27-14-25-42(50(45)56-51)39-20-12-19-38(33-39)41-24-13-26-44-43-23-10-11-28-46(43)55(49(41)44)40-21-8-3-9-22-40/h1-33H. The molecule has 0 fully saturated rings. The number of fused-ring (bicyclic) bond motifs is 6. The fourth-order valence-corrected chi connectivity index (χ4v) is 9.49. The first-order valence-electron chi connectivity index (χ1n) is 18.9. The van der Waals surface area contributed by atoms with Crippen molar-refractivity contribution in [3.63, 3.8) is 0 Å². The number of thiophene rings is 1. The zero-order chi connectivity index (χ0) is 37.0. The van der Waals surface area contributed by atoms with Crippen LogP contribution in [-0.4, -0.2) is 14.5 Å². The molecular formula is C52H33N3S. The third-order valence-corrected chi connectivity index (χ3v) is 12.1. The Morgan fingerprint density at radius 1 is 0.375 bits per heavy atom. The minimum Gasteiger partial charge on any atom is -0.309 e. The molecule has 0 aliphatic heterocycles. The molecule has 3 heterocycles. The highest BCUT2D eigenvalue weighted by Crippen LogP contribution is 2.45. The molecule has 0 aliphatic rings. The number of para-hydroxylation sites is 3. The molecule has 0 radical (unpaired) electrons. The molecule has 11 aromatic rings. The number of aromatic nitrogens is 3. The Bertz CT molecular complexity index is 3220.